The third-order valence-electron chi connectivity index (χ3n) is 5.33. The summed E-state index contributed by atoms with van der Waals surface area (Å²) in [6.45, 7) is 5.07. The average molecular weight is 507 g/mol. The molecule has 0 spiro atoms. The number of phenols is 1. The number of nitro benzene ring substituents is 1. The predicted molar refractivity (Wildman–Crippen MR) is 137 cm³/mol. The van der Waals surface area contributed by atoms with Crippen molar-refractivity contribution in [3.05, 3.63) is 99.6 Å². The van der Waals surface area contributed by atoms with Gasteiger partial charge in [-0.05, 0) is 75.6 Å². The van der Waals surface area contributed by atoms with Crippen LogP contribution in [0.3, 0.4) is 0 Å². The standard InChI is InChI=1S/C28H30N2O7/c1-28(2,3)37-27(33)24(15-9-19-7-5-4-6-8-19)29-26(32)20-10-16-25(30(34)35)21(17-20)18-36-23-13-11-22(31)12-14-23/h4-8,10-14,16-17,24,31H,9,15,18H2,1-3H3,(H,29,32)/t24-/m0/s1. The first kappa shape index (κ1) is 27.2. The van der Waals surface area contributed by atoms with E-state index in [0.29, 0.717) is 18.6 Å². The zero-order chi connectivity index (χ0) is 27.0. The number of aromatic hydroxyl groups is 1. The van der Waals surface area contributed by atoms with Crippen molar-refractivity contribution < 1.29 is 29.1 Å². The number of rotatable bonds is 10. The smallest absolute Gasteiger partial charge is 0.329 e. The van der Waals surface area contributed by atoms with Crippen molar-refractivity contribution in [2.24, 2.45) is 0 Å². The second-order valence-electron chi connectivity index (χ2n) is 9.47. The van der Waals surface area contributed by atoms with Crippen molar-refractivity contribution in [1.29, 1.82) is 0 Å². The van der Waals surface area contributed by atoms with Gasteiger partial charge >= 0.3 is 5.97 Å². The molecule has 0 saturated heterocycles. The first-order valence-corrected chi connectivity index (χ1v) is 11.8. The minimum Gasteiger partial charge on any atom is -0.508 e. The molecule has 0 bridgehead atoms. The summed E-state index contributed by atoms with van der Waals surface area (Å²) in [4.78, 5) is 37.0. The Labute approximate surface area is 215 Å². The molecule has 194 valence electrons. The highest BCUT2D eigenvalue weighted by Crippen LogP contribution is 2.24. The molecule has 0 aromatic heterocycles. The van der Waals surface area contributed by atoms with Crippen LogP contribution < -0.4 is 10.1 Å². The third kappa shape index (κ3) is 8.34. The summed E-state index contributed by atoms with van der Waals surface area (Å²) in [7, 11) is 0. The van der Waals surface area contributed by atoms with Gasteiger partial charge in [0, 0.05) is 11.6 Å². The molecule has 0 unspecified atom stereocenters. The maximum absolute atomic E-state index is 13.1. The van der Waals surface area contributed by atoms with E-state index in [1.165, 1.54) is 42.5 Å². The Kier molecular flexibility index (Phi) is 8.84. The number of hydrogen-bond acceptors (Lipinski definition) is 7. The Bertz CT molecular complexity index is 1240. The third-order valence-corrected chi connectivity index (χ3v) is 5.33. The highest BCUT2D eigenvalue weighted by molar-refractivity contribution is 5.97. The van der Waals surface area contributed by atoms with Crippen LogP contribution in [0.2, 0.25) is 0 Å². The number of esters is 1. The Morgan fingerprint density at radius 1 is 1.03 bits per heavy atom. The van der Waals surface area contributed by atoms with Gasteiger partial charge in [0.1, 0.15) is 29.7 Å². The molecule has 0 aliphatic rings. The molecule has 3 rings (SSSR count). The van der Waals surface area contributed by atoms with Gasteiger partial charge in [0.25, 0.3) is 11.6 Å². The molecule has 37 heavy (non-hydrogen) atoms. The lowest BCUT2D eigenvalue weighted by Gasteiger charge is -2.24. The minimum atomic E-state index is -0.918. The van der Waals surface area contributed by atoms with Crippen LogP contribution in [0, 0.1) is 10.1 Å². The molecule has 9 nitrogen and oxygen atoms in total. The second-order valence-corrected chi connectivity index (χ2v) is 9.47. The molecule has 0 saturated carbocycles. The molecule has 3 aromatic rings. The van der Waals surface area contributed by atoms with Crippen LogP contribution in [0.25, 0.3) is 0 Å². The quantitative estimate of drug-likeness (QED) is 0.226. The van der Waals surface area contributed by atoms with Gasteiger partial charge in [-0.2, -0.15) is 0 Å². The van der Waals surface area contributed by atoms with E-state index in [0.717, 1.165) is 5.56 Å². The highest BCUT2D eigenvalue weighted by Gasteiger charge is 2.27. The van der Waals surface area contributed by atoms with Gasteiger partial charge in [0.05, 0.1) is 10.5 Å². The van der Waals surface area contributed by atoms with Gasteiger partial charge < -0.3 is 19.9 Å². The Hall–Kier alpha value is -4.40. The van der Waals surface area contributed by atoms with Crippen LogP contribution in [-0.4, -0.2) is 33.5 Å². The van der Waals surface area contributed by atoms with Crippen molar-refractivity contribution in [2.75, 3.05) is 0 Å². The topological polar surface area (TPSA) is 128 Å². The van der Waals surface area contributed by atoms with E-state index in [4.69, 9.17) is 9.47 Å². The molecule has 1 amide bonds. The summed E-state index contributed by atoms with van der Waals surface area (Å²) >= 11 is 0. The van der Waals surface area contributed by atoms with Gasteiger partial charge in [-0.25, -0.2) is 4.79 Å². The normalized spacial score (nSPS) is 11.9. The maximum atomic E-state index is 13.1. The Morgan fingerprint density at radius 3 is 2.32 bits per heavy atom. The van der Waals surface area contributed by atoms with E-state index in [-0.39, 0.29) is 29.2 Å². The van der Waals surface area contributed by atoms with Crippen LogP contribution in [0.4, 0.5) is 5.69 Å². The number of carbonyl (C=O) groups is 2. The molecule has 1 atom stereocenters. The molecule has 0 aliphatic heterocycles. The SMILES string of the molecule is CC(C)(C)OC(=O)[C@H](CCc1ccccc1)NC(=O)c1ccc([N+](=O)[O-])c(COc2ccc(O)cc2)c1. The first-order valence-electron chi connectivity index (χ1n) is 11.8. The Balaban J connectivity index is 1.78. The fourth-order valence-corrected chi connectivity index (χ4v) is 3.54. The largest absolute Gasteiger partial charge is 0.508 e. The van der Waals surface area contributed by atoms with Crippen LogP contribution >= 0.6 is 0 Å². The summed E-state index contributed by atoms with van der Waals surface area (Å²) in [5.41, 5.74) is 0.392. The number of benzene rings is 3. The number of nitrogens with zero attached hydrogens (tertiary/aromatic N) is 1. The maximum Gasteiger partial charge on any atom is 0.329 e. The second kappa shape index (κ2) is 12.0. The number of hydrogen-bond donors (Lipinski definition) is 2. The summed E-state index contributed by atoms with van der Waals surface area (Å²) < 4.78 is 11.1. The van der Waals surface area contributed by atoms with Crippen LogP contribution in [-0.2, 0) is 22.6 Å². The molecule has 2 N–H and O–H groups in total. The molecule has 3 aromatic carbocycles. The van der Waals surface area contributed by atoms with E-state index < -0.39 is 28.4 Å². The molecule has 0 fully saturated rings. The number of phenolic OH excluding ortho intramolecular Hbond substituents is 1. The van der Waals surface area contributed by atoms with Crippen molar-refractivity contribution in [2.45, 2.75) is 51.9 Å². The number of nitrogens with one attached hydrogen (secondary N) is 1. The van der Waals surface area contributed by atoms with Crippen molar-refractivity contribution >= 4 is 17.6 Å². The molecular weight excluding hydrogens is 476 g/mol. The van der Waals surface area contributed by atoms with Crippen LogP contribution in [0.15, 0.2) is 72.8 Å². The van der Waals surface area contributed by atoms with Gasteiger partial charge in [-0.15, -0.1) is 0 Å². The fraction of sp³-hybridized carbons (Fsp3) is 0.286. The number of ether oxygens (including phenoxy) is 2. The summed E-state index contributed by atoms with van der Waals surface area (Å²) in [6.07, 6.45) is 0.853. The van der Waals surface area contributed by atoms with Crippen molar-refractivity contribution in [1.82, 2.24) is 5.32 Å². The van der Waals surface area contributed by atoms with E-state index >= 15 is 0 Å². The zero-order valence-corrected chi connectivity index (χ0v) is 21.0. The molecule has 0 heterocycles. The van der Waals surface area contributed by atoms with Gasteiger partial charge in [0.2, 0.25) is 0 Å². The van der Waals surface area contributed by atoms with E-state index in [1.807, 2.05) is 30.3 Å². The number of aryl methyl sites for hydroxylation is 1. The first-order chi connectivity index (χ1) is 17.5. The summed E-state index contributed by atoms with van der Waals surface area (Å²) in [5, 5.41) is 23.7. The van der Waals surface area contributed by atoms with Crippen molar-refractivity contribution in [3.63, 3.8) is 0 Å². The fourth-order valence-electron chi connectivity index (χ4n) is 3.54. The average Bonchev–Trinajstić information content (AvgIpc) is 2.85. The minimum absolute atomic E-state index is 0.0591. The van der Waals surface area contributed by atoms with E-state index in [1.54, 1.807) is 20.8 Å². The lowest BCUT2D eigenvalue weighted by molar-refractivity contribution is -0.385. The molecular formula is C28H30N2O7. The summed E-state index contributed by atoms with van der Waals surface area (Å²) in [6, 6.07) is 18.5. The number of nitro groups is 1. The molecule has 0 radical (unpaired) electrons. The van der Waals surface area contributed by atoms with E-state index in [2.05, 4.69) is 5.32 Å². The highest BCUT2D eigenvalue weighted by atomic mass is 16.6. The number of amides is 1. The predicted octanol–water partition coefficient (Wildman–Crippen LogP) is 4.95. The van der Waals surface area contributed by atoms with Crippen molar-refractivity contribution in [3.8, 4) is 11.5 Å². The lowest BCUT2D eigenvalue weighted by Crippen LogP contribution is -2.44. The van der Waals surface area contributed by atoms with Gasteiger partial charge in [0.15, 0.2) is 0 Å². The summed E-state index contributed by atoms with van der Waals surface area (Å²) in [5.74, 6) is -0.670. The van der Waals surface area contributed by atoms with Crippen LogP contribution in [0.5, 0.6) is 11.5 Å². The Morgan fingerprint density at radius 2 is 1.70 bits per heavy atom. The van der Waals surface area contributed by atoms with Gasteiger partial charge in [-0.1, -0.05) is 30.3 Å². The van der Waals surface area contributed by atoms with Crippen LogP contribution in [0.1, 0.15) is 48.7 Å². The zero-order valence-electron chi connectivity index (χ0n) is 21.0. The van der Waals surface area contributed by atoms with Gasteiger partial charge in [-0.3, -0.25) is 14.9 Å². The molecule has 0 aliphatic carbocycles. The molecule has 9 heteroatoms. The number of carbonyl (C=O) groups excluding carboxylic acids is 2. The lowest BCUT2D eigenvalue weighted by atomic mass is 10.0. The van der Waals surface area contributed by atoms with E-state index in [9.17, 15) is 24.8 Å². The monoisotopic (exact) mass is 506 g/mol.